The Morgan fingerprint density at radius 2 is 1.97 bits per heavy atom. The summed E-state index contributed by atoms with van der Waals surface area (Å²) in [6.07, 6.45) is 2.00. The third-order valence-electron chi connectivity index (χ3n) is 5.18. The van der Waals surface area contributed by atoms with Gasteiger partial charge in [0.25, 0.3) is 6.43 Å². The number of carbonyl (C=O) groups excluding carboxylic acids is 1. The average molecular weight is 521 g/mol. The number of alkyl halides is 2. The van der Waals surface area contributed by atoms with Gasteiger partial charge in [0.05, 0.1) is 35.5 Å². The second kappa shape index (κ2) is 13.2. The van der Waals surface area contributed by atoms with E-state index < -0.39 is 23.7 Å². The molecule has 38 heavy (non-hydrogen) atoms. The van der Waals surface area contributed by atoms with Crippen LogP contribution in [-0.4, -0.2) is 21.6 Å². The minimum atomic E-state index is -2.94. The zero-order valence-electron chi connectivity index (χ0n) is 22.1. The lowest BCUT2D eigenvalue weighted by Gasteiger charge is -2.28. The minimum absolute atomic E-state index is 0.0401. The number of pyridine rings is 1. The molecule has 0 aliphatic heterocycles. The Morgan fingerprint density at radius 3 is 2.55 bits per heavy atom. The predicted octanol–water partition coefficient (Wildman–Crippen LogP) is 7.06. The number of rotatable bonds is 9. The Bertz CT molecular complexity index is 1330. The molecule has 0 N–H and O–H groups in total. The number of aryl methyl sites for hydroxylation is 1. The van der Waals surface area contributed by atoms with Gasteiger partial charge < -0.3 is 9.47 Å². The number of halogens is 2. The number of carbonyl (C=O) groups is 1. The van der Waals surface area contributed by atoms with Gasteiger partial charge in [-0.1, -0.05) is 24.8 Å². The number of hydrogen-bond donors (Lipinski definition) is 0. The zero-order chi connectivity index (χ0) is 28.5. The SMILES string of the molecule is C=C(/C=C\C(C#N)=C/C)N(Cc1cnc(C)c(OCc2cccc(C#N)c2)c1C(F)F)C(=O)OC(C)(C)C. The standard InChI is InChI=1S/C29H30F2N4O3/c1-7-21(14-32)12-11-19(2)35(28(36)38-29(4,5)6)17-24-16-34-20(3)26(25(24)27(30)31)37-18-23-10-8-9-22(13-23)15-33/h7-13,16,27H,2,17-18H2,1,3-6H3/b12-11-,21-7+. The van der Waals surface area contributed by atoms with Crippen molar-refractivity contribution in [2.45, 2.75) is 59.8 Å². The van der Waals surface area contributed by atoms with Gasteiger partial charge in [-0.25, -0.2) is 13.6 Å². The van der Waals surface area contributed by atoms with Crippen molar-refractivity contribution in [3.63, 3.8) is 0 Å². The van der Waals surface area contributed by atoms with Gasteiger partial charge in [-0.15, -0.1) is 0 Å². The molecule has 0 aliphatic rings. The molecule has 0 atom stereocenters. The van der Waals surface area contributed by atoms with Gasteiger partial charge in [0, 0.05) is 23.0 Å². The van der Waals surface area contributed by atoms with E-state index >= 15 is 0 Å². The van der Waals surface area contributed by atoms with Crippen LogP contribution in [0.1, 0.15) is 62.1 Å². The molecule has 1 amide bonds. The molecule has 2 aromatic rings. The van der Waals surface area contributed by atoms with Crippen LogP contribution < -0.4 is 4.74 Å². The summed E-state index contributed by atoms with van der Waals surface area (Å²) in [5.41, 5.74) is 0.519. The smallest absolute Gasteiger partial charge is 0.415 e. The fraction of sp³-hybridized carbons (Fsp3) is 0.310. The number of hydrogen-bond acceptors (Lipinski definition) is 6. The third kappa shape index (κ3) is 8.28. The van der Waals surface area contributed by atoms with Crippen LogP contribution >= 0.6 is 0 Å². The number of amides is 1. The number of benzene rings is 1. The molecule has 1 heterocycles. The number of ether oxygens (including phenoxy) is 2. The maximum atomic E-state index is 14.4. The second-order valence-corrected chi connectivity index (χ2v) is 9.26. The van der Waals surface area contributed by atoms with Crippen LogP contribution in [0.5, 0.6) is 5.75 Å². The first-order chi connectivity index (χ1) is 17.9. The summed E-state index contributed by atoms with van der Waals surface area (Å²) in [5.74, 6) is -0.106. The van der Waals surface area contributed by atoms with Gasteiger partial charge in [-0.3, -0.25) is 9.88 Å². The van der Waals surface area contributed by atoms with Gasteiger partial charge in [0.15, 0.2) is 0 Å². The van der Waals surface area contributed by atoms with Crippen molar-refractivity contribution >= 4 is 6.09 Å². The highest BCUT2D eigenvalue weighted by molar-refractivity contribution is 5.71. The lowest BCUT2D eigenvalue weighted by molar-refractivity contribution is 0.0305. The van der Waals surface area contributed by atoms with Crippen LogP contribution in [0.15, 0.2) is 66.5 Å². The van der Waals surface area contributed by atoms with E-state index in [9.17, 15) is 13.6 Å². The molecule has 0 spiro atoms. The molecule has 0 fully saturated rings. The number of aromatic nitrogens is 1. The fourth-order valence-corrected chi connectivity index (χ4v) is 3.32. The molecule has 1 aromatic heterocycles. The maximum Gasteiger partial charge on any atom is 0.415 e. The Hall–Kier alpha value is -4.50. The van der Waals surface area contributed by atoms with Crippen LogP contribution in [0.4, 0.5) is 13.6 Å². The lowest BCUT2D eigenvalue weighted by atomic mass is 10.1. The predicted molar refractivity (Wildman–Crippen MR) is 139 cm³/mol. The summed E-state index contributed by atoms with van der Waals surface area (Å²) in [6, 6.07) is 10.6. The van der Waals surface area contributed by atoms with E-state index in [1.807, 2.05) is 12.1 Å². The van der Waals surface area contributed by atoms with Gasteiger partial charge in [-0.05, 0) is 64.5 Å². The normalized spacial score (nSPS) is 11.7. The van der Waals surface area contributed by atoms with Gasteiger partial charge in [-0.2, -0.15) is 10.5 Å². The summed E-state index contributed by atoms with van der Waals surface area (Å²) in [6.45, 7) is 11.8. The molecule has 0 bridgehead atoms. The van der Waals surface area contributed by atoms with Crippen LogP contribution in [0.2, 0.25) is 0 Å². The van der Waals surface area contributed by atoms with Crippen molar-refractivity contribution in [2.24, 2.45) is 0 Å². The molecule has 198 valence electrons. The van der Waals surface area contributed by atoms with E-state index in [1.165, 1.54) is 18.3 Å². The van der Waals surface area contributed by atoms with E-state index in [4.69, 9.17) is 20.0 Å². The van der Waals surface area contributed by atoms with Gasteiger partial charge in [0.1, 0.15) is 18.0 Å². The van der Waals surface area contributed by atoms with E-state index in [1.54, 1.807) is 65.0 Å². The third-order valence-corrected chi connectivity index (χ3v) is 5.18. The first-order valence-electron chi connectivity index (χ1n) is 11.7. The first kappa shape index (κ1) is 29.7. The molecule has 0 saturated heterocycles. The monoisotopic (exact) mass is 520 g/mol. The van der Waals surface area contributed by atoms with E-state index in [0.29, 0.717) is 16.7 Å². The van der Waals surface area contributed by atoms with Crippen molar-refractivity contribution in [3.8, 4) is 17.9 Å². The van der Waals surface area contributed by atoms with Crippen LogP contribution in [-0.2, 0) is 17.9 Å². The van der Waals surface area contributed by atoms with Crippen LogP contribution in [0.3, 0.4) is 0 Å². The largest absolute Gasteiger partial charge is 0.486 e. The number of nitrogens with zero attached hydrogens (tertiary/aromatic N) is 4. The maximum absolute atomic E-state index is 14.4. The summed E-state index contributed by atoms with van der Waals surface area (Å²) in [5, 5.41) is 18.3. The van der Waals surface area contributed by atoms with Crippen molar-refractivity contribution in [3.05, 3.63) is 94.5 Å². The van der Waals surface area contributed by atoms with Crippen molar-refractivity contribution < 1.29 is 23.0 Å². The molecule has 1 aromatic carbocycles. The summed E-state index contributed by atoms with van der Waals surface area (Å²) in [7, 11) is 0. The minimum Gasteiger partial charge on any atom is -0.486 e. The highest BCUT2D eigenvalue weighted by Gasteiger charge is 2.28. The fourth-order valence-electron chi connectivity index (χ4n) is 3.32. The van der Waals surface area contributed by atoms with Gasteiger partial charge in [0.2, 0.25) is 0 Å². The quantitative estimate of drug-likeness (QED) is 0.259. The molecule has 7 nitrogen and oxygen atoms in total. The number of nitriles is 2. The Kier molecular flexibility index (Phi) is 10.3. The molecular weight excluding hydrogens is 490 g/mol. The lowest BCUT2D eigenvalue weighted by Crippen LogP contribution is -2.35. The highest BCUT2D eigenvalue weighted by Crippen LogP contribution is 2.36. The van der Waals surface area contributed by atoms with Crippen molar-refractivity contribution in [1.29, 1.82) is 10.5 Å². The summed E-state index contributed by atoms with van der Waals surface area (Å²) in [4.78, 5) is 18.4. The molecule has 2 rings (SSSR count). The van der Waals surface area contributed by atoms with Crippen molar-refractivity contribution in [2.75, 3.05) is 0 Å². The zero-order valence-corrected chi connectivity index (χ0v) is 22.1. The molecule has 0 unspecified atom stereocenters. The number of allylic oxidation sites excluding steroid dienone is 4. The molecular formula is C29H30F2N4O3. The van der Waals surface area contributed by atoms with Crippen molar-refractivity contribution in [1.82, 2.24) is 9.88 Å². The summed E-state index contributed by atoms with van der Waals surface area (Å²) < 4.78 is 40.1. The average Bonchev–Trinajstić information content (AvgIpc) is 2.86. The van der Waals surface area contributed by atoms with E-state index in [0.717, 1.165) is 4.90 Å². The topological polar surface area (TPSA) is 99.2 Å². The van der Waals surface area contributed by atoms with Crippen LogP contribution in [0, 0.1) is 29.6 Å². The van der Waals surface area contributed by atoms with Gasteiger partial charge >= 0.3 is 6.09 Å². The first-order valence-corrected chi connectivity index (χ1v) is 11.7. The molecule has 0 saturated carbocycles. The molecule has 0 aliphatic carbocycles. The Labute approximate surface area is 221 Å². The highest BCUT2D eigenvalue weighted by atomic mass is 19.3. The van der Waals surface area contributed by atoms with Crippen LogP contribution in [0.25, 0.3) is 0 Å². The molecule has 9 heteroatoms. The Morgan fingerprint density at radius 1 is 1.26 bits per heavy atom. The molecule has 0 radical (unpaired) electrons. The van der Waals surface area contributed by atoms with E-state index in [2.05, 4.69) is 11.6 Å². The Balaban J connectivity index is 2.49. The summed E-state index contributed by atoms with van der Waals surface area (Å²) >= 11 is 0. The second-order valence-electron chi connectivity index (χ2n) is 9.26. The van der Waals surface area contributed by atoms with E-state index in [-0.39, 0.29) is 35.9 Å².